The first kappa shape index (κ1) is 23.4. The summed E-state index contributed by atoms with van der Waals surface area (Å²) in [6.45, 7) is 1.57. The molecule has 2 aromatic heterocycles. The molecule has 0 radical (unpaired) electrons. The highest BCUT2D eigenvalue weighted by molar-refractivity contribution is 5.86. The van der Waals surface area contributed by atoms with Gasteiger partial charge in [0.2, 0.25) is 11.8 Å². The van der Waals surface area contributed by atoms with Gasteiger partial charge in [-0.05, 0) is 47.0 Å². The van der Waals surface area contributed by atoms with Gasteiger partial charge in [-0.2, -0.15) is 0 Å². The van der Waals surface area contributed by atoms with Gasteiger partial charge >= 0.3 is 0 Å². The molecule has 2 amide bonds. The number of benzene rings is 1. The van der Waals surface area contributed by atoms with E-state index in [0.29, 0.717) is 26.2 Å². The Morgan fingerprint density at radius 2 is 1.76 bits per heavy atom. The lowest BCUT2D eigenvalue weighted by molar-refractivity contribution is -0.138. The molecule has 0 aliphatic carbocycles. The highest BCUT2D eigenvalue weighted by Crippen LogP contribution is 2.17. The molecule has 0 bridgehead atoms. The van der Waals surface area contributed by atoms with E-state index in [-0.39, 0.29) is 30.9 Å². The second-order valence-electron chi connectivity index (χ2n) is 8.22. The first-order chi connectivity index (χ1) is 16.6. The van der Waals surface area contributed by atoms with Gasteiger partial charge in [0.1, 0.15) is 5.75 Å². The molecule has 0 N–H and O–H groups in total. The maximum Gasteiger partial charge on any atom is 0.242 e. The van der Waals surface area contributed by atoms with Crippen LogP contribution in [-0.4, -0.2) is 64.4 Å². The van der Waals surface area contributed by atoms with E-state index in [1.165, 1.54) is 0 Å². The lowest BCUT2D eigenvalue weighted by Gasteiger charge is -2.25. The Morgan fingerprint density at radius 1 is 0.971 bits per heavy atom. The first-order valence-corrected chi connectivity index (χ1v) is 11.2. The van der Waals surface area contributed by atoms with Crippen molar-refractivity contribution in [1.29, 1.82) is 0 Å². The molecule has 1 aromatic carbocycles. The third-order valence-corrected chi connectivity index (χ3v) is 5.73. The Balaban J connectivity index is 1.49. The fraction of sp³-hybridized carbons (Fsp3) is 0.308. The van der Waals surface area contributed by atoms with Crippen molar-refractivity contribution in [3.05, 3.63) is 90.0 Å². The minimum absolute atomic E-state index is 0.0182. The SMILES string of the molecule is COc1ccc(CN2CC(OCc3ccncc3)CN(C(=O)Cc3cccnc3)CC2=O)cc1. The fourth-order valence-corrected chi connectivity index (χ4v) is 3.86. The Bertz CT molecular complexity index is 1080. The maximum atomic E-state index is 13.2. The van der Waals surface area contributed by atoms with Crippen molar-refractivity contribution in [2.24, 2.45) is 0 Å². The first-order valence-electron chi connectivity index (χ1n) is 11.2. The summed E-state index contributed by atoms with van der Waals surface area (Å²) in [6, 6.07) is 15.1. The van der Waals surface area contributed by atoms with Gasteiger partial charge in [0.15, 0.2) is 0 Å². The molecule has 8 nitrogen and oxygen atoms in total. The van der Waals surface area contributed by atoms with Crippen LogP contribution in [0.1, 0.15) is 16.7 Å². The van der Waals surface area contributed by atoms with Crippen molar-refractivity contribution in [1.82, 2.24) is 19.8 Å². The molecule has 34 heavy (non-hydrogen) atoms. The number of carbonyl (C=O) groups excluding carboxylic acids is 2. The van der Waals surface area contributed by atoms with Gasteiger partial charge in [-0.15, -0.1) is 0 Å². The lowest BCUT2D eigenvalue weighted by Crippen LogP contribution is -2.40. The van der Waals surface area contributed by atoms with E-state index in [9.17, 15) is 9.59 Å². The zero-order chi connectivity index (χ0) is 23.8. The van der Waals surface area contributed by atoms with E-state index in [1.54, 1.807) is 47.8 Å². The van der Waals surface area contributed by atoms with Crippen LogP contribution in [0.2, 0.25) is 0 Å². The van der Waals surface area contributed by atoms with E-state index < -0.39 is 0 Å². The van der Waals surface area contributed by atoms with E-state index >= 15 is 0 Å². The summed E-state index contributed by atoms with van der Waals surface area (Å²) in [5.74, 6) is 0.534. The standard InChI is InChI=1S/C26H28N4O4/c1-33-23-6-4-20(5-7-23)15-29-16-24(34-19-21-8-11-27-12-9-21)17-30(18-26(29)32)25(31)13-22-3-2-10-28-14-22/h2-12,14,24H,13,15-19H2,1H3. The van der Waals surface area contributed by atoms with Crippen molar-refractivity contribution >= 4 is 11.8 Å². The van der Waals surface area contributed by atoms with Crippen LogP contribution in [0.4, 0.5) is 0 Å². The maximum absolute atomic E-state index is 13.2. The molecule has 0 spiro atoms. The summed E-state index contributed by atoms with van der Waals surface area (Å²) in [6.07, 6.45) is 6.64. The van der Waals surface area contributed by atoms with E-state index in [4.69, 9.17) is 9.47 Å². The monoisotopic (exact) mass is 460 g/mol. The number of amides is 2. The number of hydrogen-bond donors (Lipinski definition) is 0. The minimum atomic E-state index is -0.323. The van der Waals surface area contributed by atoms with E-state index in [2.05, 4.69) is 9.97 Å². The number of hydrogen-bond acceptors (Lipinski definition) is 6. The molecule has 1 unspecified atom stereocenters. The van der Waals surface area contributed by atoms with Gasteiger partial charge in [-0.25, -0.2) is 0 Å². The molecule has 176 valence electrons. The molecule has 3 aromatic rings. The van der Waals surface area contributed by atoms with Crippen LogP contribution < -0.4 is 4.74 Å². The molecule has 1 saturated heterocycles. The van der Waals surface area contributed by atoms with Crippen LogP contribution >= 0.6 is 0 Å². The van der Waals surface area contributed by atoms with Crippen molar-refractivity contribution in [3.8, 4) is 5.75 Å². The highest BCUT2D eigenvalue weighted by Gasteiger charge is 2.31. The molecule has 0 saturated carbocycles. The number of ether oxygens (including phenoxy) is 2. The number of aromatic nitrogens is 2. The third kappa shape index (κ3) is 6.39. The van der Waals surface area contributed by atoms with Crippen molar-refractivity contribution < 1.29 is 19.1 Å². The molecule has 1 aliphatic rings. The number of methoxy groups -OCH3 is 1. The van der Waals surface area contributed by atoms with Crippen LogP contribution in [-0.2, 0) is 33.9 Å². The average Bonchev–Trinajstić information content (AvgIpc) is 3.03. The van der Waals surface area contributed by atoms with Gasteiger partial charge in [-0.3, -0.25) is 19.6 Å². The van der Waals surface area contributed by atoms with Gasteiger partial charge in [0.05, 0.1) is 32.8 Å². The summed E-state index contributed by atoms with van der Waals surface area (Å²) in [4.78, 5) is 37.7. The van der Waals surface area contributed by atoms with Crippen LogP contribution in [0.25, 0.3) is 0 Å². The summed E-state index contributed by atoms with van der Waals surface area (Å²) in [5.41, 5.74) is 2.78. The van der Waals surface area contributed by atoms with Crippen molar-refractivity contribution in [2.45, 2.75) is 25.7 Å². The summed E-state index contributed by atoms with van der Waals surface area (Å²) in [7, 11) is 1.62. The topological polar surface area (TPSA) is 84.9 Å². The summed E-state index contributed by atoms with van der Waals surface area (Å²) >= 11 is 0. The van der Waals surface area contributed by atoms with Gasteiger partial charge in [0.25, 0.3) is 0 Å². The predicted molar refractivity (Wildman–Crippen MR) is 126 cm³/mol. The average molecular weight is 461 g/mol. The molecular weight excluding hydrogens is 432 g/mol. The van der Waals surface area contributed by atoms with Crippen molar-refractivity contribution in [3.63, 3.8) is 0 Å². The zero-order valence-electron chi connectivity index (χ0n) is 19.2. The van der Waals surface area contributed by atoms with Crippen molar-refractivity contribution in [2.75, 3.05) is 26.7 Å². The van der Waals surface area contributed by atoms with Crippen LogP contribution in [0.3, 0.4) is 0 Å². The van der Waals surface area contributed by atoms with Gasteiger partial charge < -0.3 is 19.3 Å². The van der Waals surface area contributed by atoms with Crippen LogP contribution in [0.15, 0.2) is 73.3 Å². The Labute approximate surface area is 199 Å². The minimum Gasteiger partial charge on any atom is -0.497 e. The van der Waals surface area contributed by atoms with E-state index in [1.807, 2.05) is 42.5 Å². The van der Waals surface area contributed by atoms with Gasteiger partial charge in [0, 0.05) is 44.4 Å². The second kappa shape index (κ2) is 11.4. The summed E-state index contributed by atoms with van der Waals surface area (Å²) < 4.78 is 11.4. The molecule has 3 heterocycles. The largest absolute Gasteiger partial charge is 0.497 e. The molecule has 4 rings (SSSR count). The normalized spacial score (nSPS) is 16.3. The zero-order valence-corrected chi connectivity index (χ0v) is 19.2. The Hall–Kier alpha value is -3.78. The number of rotatable bonds is 8. The smallest absolute Gasteiger partial charge is 0.242 e. The highest BCUT2D eigenvalue weighted by atomic mass is 16.5. The molecule has 1 fully saturated rings. The Kier molecular flexibility index (Phi) is 7.83. The number of nitrogens with zero attached hydrogens (tertiary/aromatic N) is 4. The lowest BCUT2D eigenvalue weighted by atomic mass is 10.2. The summed E-state index contributed by atoms with van der Waals surface area (Å²) in [5, 5.41) is 0. The van der Waals surface area contributed by atoms with Crippen LogP contribution in [0.5, 0.6) is 5.75 Å². The second-order valence-corrected chi connectivity index (χ2v) is 8.22. The quantitative estimate of drug-likeness (QED) is 0.514. The fourth-order valence-electron chi connectivity index (χ4n) is 3.86. The predicted octanol–water partition coefficient (Wildman–Crippen LogP) is 2.48. The van der Waals surface area contributed by atoms with Crippen LogP contribution in [0, 0.1) is 0 Å². The van der Waals surface area contributed by atoms with E-state index in [0.717, 1.165) is 22.4 Å². The molecule has 8 heteroatoms. The third-order valence-electron chi connectivity index (χ3n) is 5.73. The molecular formula is C26H28N4O4. The Morgan fingerprint density at radius 3 is 2.47 bits per heavy atom. The van der Waals surface area contributed by atoms with Gasteiger partial charge in [-0.1, -0.05) is 18.2 Å². The molecule has 1 aliphatic heterocycles. The molecule has 1 atom stereocenters. The number of pyridine rings is 2. The number of carbonyl (C=O) groups is 2.